The minimum atomic E-state index is -0.367. The van der Waals surface area contributed by atoms with Crippen LogP contribution in [-0.4, -0.2) is 10.8 Å². The van der Waals surface area contributed by atoms with E-state index in [9.17, 15) is 4.79 Å². The lowest BCUT2D eigenvalue weighted by atomic mass is 9.59. The smallest absolute Gasteiger partial charge is 0.171 e. The summed E-state index contributed by atoms with van der Waals surface area (Å²) in [6.07, 6.45) is 3.64. The van der Waals surface area contributed by atoms with Gasteiger partial charge in [-0.3, -0.25) is 4.79 Å². The predicted molar refractivity (Wildman–Crippen MR) is 64.6 cm³/mol. The number of nitrogens with zero attached hydrogens (tertiary/aromatic N) is 2. The molecule has 0 N–H and O–H groups in total. The highest BCUT2D eigenvalue weighted by molar-refractivity contribution is 6.33. The summed E-state index contributed by atoms with van der Waals surface area (Å²) in [5, 5.41) is 8.87. The number of rotatable bonds is 3. The zero-order valence-electron chi connectivity index (χ0n) is 9.61. The monoisotopic (exact) mass is 248 g/mol. The highest BCUT2D eigenvalue weighted by Crippen LogP contribution is 2.49. The van der Waals surface area contributed by atoms with Crippen LogP contribution in [0.5, 0.6) is 0 Å². The van der Waals surface area contributed by atoms with Crippen LogP contribution in [0.1, 0.15) is 36.5 Å². The maximum atomic E-state index is 12.3. The number of nitriles is 1. The van der Waals surface area contributed by atoms with Crippen molar-refractivity contribution in [1.82, 2.24) is 4.98 Å². The average molecular weight is 249 g/mol. The van der Waals surface area contributed by atoms with E-state index in [0.717, 1.165) is 12.8 Å². The lowest BCUT2D eigenvalue weighted by molar-refractivity contribution is 0.0477. The van der Waals surface area contributed by atoms with Gasteiger partial charge in [0, 0.05) is 18.0 Å². The molecule has 1 aliphatic rings. The molecule has 0 unspecified atom stereocenters. The summed E-state index contributed by atoms with van der Waals surface area (Å²) in [6, 6.07) is 5.57. The molecule has 0 amide bonds. The standard InChI is InChI=1S/C13H13ClN2O/c1-13(7-9(8-13)4-5-15)11(17)10-3-2-6-16-12(10)14/h2-3,6,9H,4,7-8H2,1H3. The van der Waals surface area contributed by atoms with E-state index in [-0.39, 0.29) is 16.4 Å². The summed E-state index contributed by atoms with van der Waals surface area (Å²) >= 11 is 5.92. The van der Waals surface area contributed by atoms with E-state index in [0.29, 0.717) is 17.9 Å². The molecule has 0 atom stereocenters. The topological polar surface area (TPSA) is 53.8 Å². The number of Topliss-reactive ketones (excluding diaryl/α,β-unsaturated/α-hetero) is 1. The number of hydrogen-bond donors (Lipinski definition) is 0. The summed E-state index contributed by atoms with van der Waals surface area (Å²) in [6.45, 7) is 1.94. The molecule has 0 bridgehead atoms. The van der Waals surface area contributed by atoms with Crippen molar-refractivity contribution in [2.45, 2.75) is 26.2 Å². The molecule has 1 heterocycles. The van der Waals surface area contributed by atoms with E-state index in [4.69, 9.17) is 16.9 Å². The molecular formula is C13H13ClN2O. The fourth-order valence-corrected chi connectivity index (χ4v) is 2.76. The van der Waals surface area contributed by atoms with Gasteiger partial charge in [0.2, 0.25) is 0 Å². The van der Waals surface area contributed by atoms with Crippen molar-refractivity contribution in [2.75, 3.05) is 0 Å². The quantitative estimate of drug-likeness (QED) is 0.609. The summed E-state index contributed by atoms with van der Waals surface area (Å²) in [5.74, 6) is 0.397. The zero-order valence-corrected chi connectivity index (χ0v) is 10.4. The molecule has 17 heavy (non-hydrogen) atoms. The van der Waals surface area contributed by atoms with Crippen LogP contribution >= 0.6 is 11.6 Å². The third kappa shape index (κ3) is 2.18. The van der Waals surface area contributed by atoms with Crippen LogP contribution in [0.15, 0.2) is 18.3 Å². The van der Waals surface area contributed by atoms with Crippen LogP contribution in [0.3, 0.4) is 0 Å². The van der Waals surface area contributed by atoms with Gasteiger partial charge in [-0.2, -0.15) is 5.26 Å². The maximum Gasteiger partial charge on any atom is 0.171 e. The minimum Gasteiger partial charge on any atom is -0.293 e. The molecule has 1 aromatic heterocycles. The van der Waals surface area contributed by atoms with Gasteiger partial charge in [0.05, 0.1) is 11.6 Å². The fraction of sp³-hybridized carbons (Fsp3) is 0.462. The molecule has 0 saturated heterocycles. The van der Waals surface area contributed by atoms with Crippen LogP contribution < -0.4 is 0 Å². The van der Waals surface area contributed by atoms with E-state index >= 15 is 0 Å². The number of aromatic nitrogens is 1. The van der Waals surface area contributed by atoms with Crippen molar-refractivity contribution < 1.29 is 4.79 Å². The van der Waals surface area contributed by atoms with Gasteiger partial charge in [0.15, 0.2) is 5.78 Å². The van der Waals surface area contributed by atoms with E-state index in [1.807, 2.05) is 6.92 Å². The molecule has 1 aliphatic carbocycles. The Balaban J connectivity index is 2.13. The van der Waals surface area contributed by atoms with Gasteiger partial charge in [0.1, 0.15) is 5.15 Å². The van der Waals surface area contributed by atoms with Crippen LogP contribution in [0.4, 0.5) is 0 Å². The van der Waals surface area contributed by atoms with Crippen LogP contribution in [0.25, 0.3) is 0 Å². The normalized spacial score (nSPS) is 27.0. The summed E-state index contributed by atoms with van der Waals surface area (Å²) < 4.78 is 0. The number of carbonyl (C=O) groups is 1. The number of halogens is 1. The first-order chi connectivity index (χ1) is 8.07. The minimum absolute atomic E-state index is 0.0461. The molecule has 0 radical (unpaired) electrons. The molecule has 2 rings (SSSR count). The number of hydrogen-bond acceptors (Lipinski definition) is 3. The fourth-order valence-electron chi connectivity index (χ4n) is 2.55. The molecule has 1 aromatic rings. The number of carbonyl (C=O) groups excluding carboxylic acids is 1. The summed E-state index contributed by atoms with van der Waals surface area (Å²) in [4.78, 5) is 16.2. The van der Waals surface area contributed by atoms with Crippen molar-refractivity contribution in [3.8, 4) is 6.07 Å². The molecular weight excluding hydrogens is 236 g/mol. The third-order valence-corrected chi connectivity index (χ3v) is 3.71. The molecule has 0 spiro atoms. The van der Waals surface area contributed by atoms with Crippen molar-refractivity contribution in [1.29, 1.82) is 5.26 Å². The maximum absolute atomic E-state index is 12.3. The van der Waals surface area contributed by atoms with Gasteiger partial charge in [-0.1, -0.05) is 18.5 Å². The van der Waals surface area contributed by atoms with Crippen molar-refractivity contribution in [3.63, 3.8) is 0 Å². The molecule has 1 fully saturated rings. The van der Waals surface area contributed by atoms with E-state index < -0.39 is 0 Å². The molecule has 88 valence electrons. The van der Waals surface area contributed by atoms with Gasteiger partial charge < -0.3 is 0 Å². The van der Waals surface area contributed by atoms with E-state index in [1.54, 1.807) is 18.3 Å². The first-order valence-corrected chi connectivity index (χ1v) is 5.97. The van der Waals surface area contributed by atoms with Crippen LogP contribution in [0, 0.1) is 22.7 Å². The van der Waals surface area contributed by atoms with E-state index in [2.05, 4.69) is 11.1 Å². The second kappa shape index (κ2) is 4.46. The largest absolute Gasteiger partial charge is 0.293 e. The average Bonchev–Trinajstić information content (AvgIpc) is 2.27. The zero-order chi connectivity index (χ0) is 12.5. The second-order valence-electron chi connectivity index (χ2n) is 4.87. The van der Waals surface area contributed by atoms with Crippen LogP contribution in [-0.2, 0) is 0 Å². The summed E-state index contributed by atoms with van der Waals surface area (Å²) in [5.41, 5.74) is 0.126. The first kappa shape index (κ1) is 12.1. The lowest BCUT2D eigenvalue weighted by Gasteiger charge is -2.43. The Morgan fingerprint density at radius 3 is 3.00 bits per heavy atom. The Hall–Kier alpha value is -1.40. The first-order valence-electron chi connectivity index (χ1n) is 5.59. The van der Waals surface area contributed by atoms with Crippen LogP contribution in [0.2, 0.25) is 5.15 Å². The van der Waals surface area contributed by atoms with Gasteiger partial charge >= 0.3 is 0 Å². The summed E-state index contributed by atoms with van der Waals surface area (Å²) in [7, 11) is 0. The SMILES string of the molecule is CC1(C(=O)c2cccnc2Cl)CC(CC#N)C1. The number of pyridine rings is 1. The Labute approximate surface area is 105 Å². The number of ketones is 1. The van der Waals surface area contributed by atoms with Gasteiger partial charge in [-0.15, -0.1) is 0 Å². The Morgan fingerprint density at radius 2 is 2.41 bits per heavy atom. The second-order valence-corrected chi connectivity index (χ2v) is 5.23. The van der Waals surface area contributed by atoms with Crippen molar-refractivity contribution in [3.05, 3.63) is 29.0 Å². The molecule has 3 nitrogen and oxygen atoms in total. The van der Waals surface area contributed by atoms with Gasteiger partial charge in [-0.25, -0.2) is 4.98 Å². The van der Waals surface area contributed by atoms with Crippen molar-refractivity contribution >= 4 is 17.4 Å². The van der Waals surface area contributed by atoms with Gasteiger partial charge in [-0.05, 0) is 30.9 Å². The molecule has 0 aromatic carbocycles. The van der Waals surface area contributed by atoms with Gasteiger partial charge in [0.25, 0.3) is 0 Å². The Bertz CT molecular complexity index is 486. The highest BCUT2D eigenvalue weighted by Gasteiger charge is 2.46. The predicted octanol–water partition coefficient (Wildman–Crippen LogP) is 3.25. The molecule has 4 heteroatoms. The Kier molecular flexibility index (Phi) is 3.17. The molecule has 1 saturated carbocycles. The van der Waals surface area contributed by atoms with E-state index in [1.165, 1.54) is 0 Å². The lowest BCUT2D eigenvalue weighted by Crippen LogP contribution is -2.41. The third-order valence-electron chi connectivity index (χ3n) is 3.41. The van der Waals surface area contributed by atoms with Crippen molar-refractivity contribution in [2.24, 2.45) is 11.3 Å². The highest BCUT2D eigenvalue weighted by atomic mass is 35.5. The Morgan fingerprint density at radius 1 is 1.71 bits per heavy atom. The molecule has 0 aliphatic heterocycles.